The van der Waals surface area contributed by atoms with Crippen molar-refractivity contribution in [2.24, 2.45) is 0 Å². The van der Waals surface area contributed by atoms with Gasteiger partial charge in [0.15, 0.2) is 5.76 Å². The Balaban J connectivity index is 0.000000360. The third-order valence-corrected chi connectivity index (χ3v) is 6.71. The Labute approximate surface area is 186 Å². The maximum atomic E-state index is 12.5. The first-order chi connectivity index (χ1) is 15.0. The van der Waals surface area contributed by atoms with Crippen LogP contribution in [-0.4, -0.2) is 62.7 Å². The second-order valence-corrected chi connectivity index (χ2v) is 9.29. The number of rotatable bonds is 4. The molecule has 2 fully saturated rings. The standard InChI is InChI=1S/C19H22N2O3S.C2HF3O2/c1-13-6-7-23-17(13)18(22)21-11-19(12-21)8-16(10-25-19)24-9-15-5-3-4-14(2)20-15;3-2(4,5)1(6)7/h3-7,16H,8-12H2,1-2H3;(H,6,7). The molecule has 2 aromatic rings. The number of furan rings is 1. The average molecular weight is 472 g/mol. The van der Waals surface area contributed by atoms with Crippen LogP contribution in [-0.2, 0) is 16.1 Å². The molecule has 11 heteroatoms. The number of thioether (sulfide) groups is 1. The number of likely N-dealkylation sites (tertiary alicyclic amines) is 1. The number of aliphatic carboxylic acids is 1. The predicted molar refractivity (Wildman–Crippen MR) is 110 cm³/mol. The lowest BCUT2D eigenvalue weighted by atomic mass is 9.92. The highest BCUT2D eigenvalue weighted by atomic mass is 32.2. The lowest BCUT2D eigenvalue weighted by Crippen LogP contribution is -2.60. The zero-order chi connectivity index (χ0) is 23.5. The molecule has 0 radical (unpaired) electrons. The fraction of sp³-hybridized carbons (Fsp3) is 0.476. The van der Waals surface area contributed by atoms with E-state index in [1.165, 1.54) is 0 Å². The van der Waals surface area contributed by atoms with Gasteiger partial charge >= 0.3 is 12.1 Å². The van der Waals surface area contributed by atoms with Crippen LogP contribution in [0.3, 0.4) is 0 Å². The summed E-state index contributed by atoms with van der Waals surface area (Å²) in [7, 11) is 0. The summed E-state index contributed by atoms with van der Waals surface area (Å²) in [6.07, 6.45) is -2.29. The second-order valence-electron chi connectivity index (χ2n) is 7.80. The number of carboxylic acids is 1. The summed E-state index contributed by atoms with van der Waals surface area (Å²) in [5, 5.41) is 7.12. The highest BCUT2D eigenvalue weighted by Crippen LogP contribution is 2.46. The van der Waals surface area contributed by atoms with Gasteiger partial charge in [0.25, 0.3) is 5.91 Å². The highest BCUT2D eigenvalue weighted by Gasteiger charge is 2.51. The molecule has 0 aromatic carbocycles. The number of pyridine rings is 1. The fourth-order valence-corrected chi connectivity index (χ4v) is 5.09. The van der Waals surface area contributed by atoms with Crippen LogP contribution >= 0.6 is 11.8 Å². The summed E-state index contributed by atoms with van der Waals surface area (Å²) in [5.74, 6) is -1.31. The van der Waals surface area contributed by atoms with Gasteiger partial charge in [0.2, 0.25) is 0 Å². The number of halogens is 3. The van der Waals surface area contributed by atoms with Crippen LogP contribution in [0.4, 0.5) is 13.2 Å². The van der Waals surface area contributed by atoms with Crippen molar-refractivity contribution in [3.8, 4) is 0 Å². The molecule has 0 saturated carbocycles. The summed E-state index contributed by atoms with van der Waals surface area (Å²) in [4.78, 5) is 27.7. The van der Waals surface area contributed by atoms with Crippen molar-refractivity contribution in [2.45, 2.75) is 43.9 Å². The van der Waals surface area contributed by atoms with E-state index in [2.05, 4.69) is 4.98 Å². The van der Waals surface area contributed by atoms with Gasteiger partial charge in [0.1, 0.15) is 0 Å². The molecule has 0 aliphatic carbocycles. The van der Waals surface area contributed by atoms with Gasteiger partial charge in [-0.25, -0.2) is 4.79 Å². The molecule has 2 saturated heterocycles. The van der Waals surface area contributed by atoms with E-state index in [9.17, 15) is 18.0 Å². The average Bonchev–Trinajstić information content (AvgIpc) is 3.31. The van der Waals surface area contributed by atoms with Gasteiger partial charge in [-0.15, -0.1) is 11.8 Å². The normalized spacial score (nSPS) is 19.3. The summed E-state index contributed by atoms with van der Waals surface area (Å²) in [6, 6.07) is 7.83. The van der Waals surface area contributed by atoms with Crippen LogP contribution in [0.2, 0.25) is 0 Å². The summed E-state index contributed by atoms with van der Waals surface area (Å²) >= 11 is 1.93. The van der Waals surface area contributed by atoms with Crippen LogP contribution in [0.25, 0.3) is 0 Å². The molecule has 2 aromatic heterocycles. The highest BCUT2D eigenvalue weighted by molar-refractivity contribution is 8.01. The van der Waals surface area contributed by atoms with Crippen molar-refractivity contribution in [3.63, 3.8) is 0 Å². The Morgan fingerprint density at radius 3 is 2.56 bits per heavy atom. The van der Waals surface area contributed by atoms with E-state index >= 15 is 0 Å². The van der Waals surface area contributed by atoms with E-state index in [0.29, 0.717) is 12.4 Å². The van der Waals surface area contributed by atoms with Crippen LogP contribution in [0.1, 0.15) is 33.9 Å². The smallest absolute Gasteiger partial charge is 0.475 e. The number of aryl methyl sites for hydroxylation is 2. The minimum atomic E-state index is -5.08. The number of carbonyl (C=O) groups excluding carboxylic acids is 1. The Morgan fingerprint density at radius 2 is 2.00 bits per heavy atom. The number of amides is 1. The van der Waals surface area contributed by atoms with Crippen LogP contribution < -0.4 is 0 Å². The van der Waals surface area contributed by atoms with Crippen LogP contribution in [0.5, 0.6) is 0 Å². The lowest BCUT2D eigenvalue weighted by molar-refractivity contribution is -0.192. The molecule has 1 amide bonds. The molecular formula is C21H23F3N2O5S. The van der Waals surface area contributed by atoms with Crippen molar-refractivity contribution in [1.82, 2.24) is 9.88 Å². The molecule has 32 heavy (non-hydrogen) atoms. The van der Waals surface area contributed by atoms with Gasteiger partial charge < -0.3 is 19.2 Å². The number of carboxylic acid groups (broad SMARTS) is 1. The Kier molecular flexibility index (Phi) is 7.19. The van der Waals surface area contributed by atoms with E-state index in [1.807, 2.05) is 54.8 Å². The number of ether oxygens (including phenoxy) is 1. The molecule has 7 nitrogen and oxygen atoms in total. The molecule has 1 unspecified atom stereocenters. The number of aromatic nitrogens is 1. The molecule has 0 bridgehead atoms. The maximum absolute atomic E-state index is 12.5. The second kappa shape index (κ2) is 9.53. The Morgan fingerprint density at radius 1 is 1.31 bits per heavy atom. The van der Waals surface area contributed by atoms with Crippen LogP contribution in [0.15, 0.2) is 34.9 Å². The van der Waals surface area contributed by atoms with E-state index in [1.54, 1.807) is 6.26 Å². The molecule has 2 aliphatic rings. The molecule has 1 spiro atoms. The Bertz CT molecular complexity index is 972. The van der Waals surface area contributed by atoms with Crippen molar-refractivity contribution < 1.29 is 37.0 Å². The number of alkyl halides is 3. The first-order valence-corrected chi connectivity index (χ1v) is 10.8. The minimum absolute atomic E-state index is 0.00190. The van der Waals surface area contributed by atoms with Crippen molar-refractivity contribution in [2.75, 3.05) is 18.8 Å². The first-order valence-electron chi connectivity index (χ1n) is 9.81. The van der Waals surface area contributed by atoms with Gasteiger partial charge in [0, 0.05) is 30.1 Å². The third kappa shape index (κ3) is 5.83. The lowest BCUT2D eigenvalue weighted by Gasteiger charge is -2.47. The van der Waals surface area contributed by atoms with Gasteiger partial charge in [-0.05, 0) is 38.5 Å². The van der Waals surface area contributed by atoms with Crippen molar-refractivity contribution in [1.29, 1.82) is 0 Å². The topological polar surface area (TPSA) is 92.9 Å². The van der Waals surface area contributed by atoms with Crippen molar-refractivity contribution >= 4 is 23.6 Å². The fourth-order valence-electron chi connectivity index (χ4n) is 3.54. The van der Waals surface area contributed by atoms with E-state index < -0.39 is 12.1 Å². The molecule has 4 rings (SSSR count). The van der Waals surface area contributed by atoms with Gasteiger partial charge in [-0.2, -0.15) is 13.2 Å². The number of hydrogen-bond donors (Lipinski definition) is 1. The molecule has 1 atom stereocenters. The molecule has 4 heterocycles. The number of carbonyl (C=O) groups is 2. The van der Waals surface area contributed by atoms with E-state index in [-0.39, 0.29) is 16.8 Å². The zero-order valence-corrected chi connectivity index (χ0v) is 18.3. The molecular weight excluding hydrogens is 449 g/mol. The van der Waals surface area contributed by atoms with Gasteiger partial charge in [-0.1, -0.05) is 6.07 Å². The van der Waals surface area contributed by atoms with Crippen molar-refractivity contribution in [3.05, 3.63) is 53.2 Å². The van der Waals surface area contributed by atoms with E-state index in [4.69, 9.17) is 19.1 Å². The minimum Gasteiger partial charge on any atom is -0.475 e. The SMILES string of the molecule is Cc1cccc(COC2CSC3(C2)CN(C(=O)c2occc2C)C3)n1.O=C(O)C(F)(F)F. The number of nitrogens with zero attached hydrogens (tertiary/aromatic N) is 2. The largest absolute Gasteiger partial charge is 0.490 e. The third-order valence-electron chi connectivity index (χ3n) is 5.13. The summed E-state index contributed by atoms with van der Waals surface area (Å²) < 4.78 is 43.3. The first kappa shape index (κ1) is 24.1. The predicted octanol–water partition coefficient (Wildman–Crippen LogP) is 3.84. The van der Waals surface area contributed by atoms with E-state index in [0.717, 1.165) is 42.2 Å². The van der Waals surface area contributed by atoms with Gasteiger partial charge in [0.05, 0.1) is 29.4 Å². The molecule has 174 valence electrons. The summed E-state index contributed by atoms with van der Waals surface area (Å²) in [5.41, 5.74) is 2.89. The number of hydrogen-bond acceptors (Lipinski definition) is 6. The Hall–Kier alpha value is -2.53. The summed E-state index contributed by atoms with van der Waals surface area (Å²) in [6.45, 7) is 6.00. The zero-order valence-electron chi connectivity index (χ0n) is 17.5. The monoisotopic (exact) mass is 472 g/mol. The quantitative estimate of drug-likeness (QED) is 0.723. The maximum Gasteiger partial charge on any atom is 0.490 e. The molecule has 2 aliphatic heterocycles. The van der Waals surface area contributed by atoms with Crippen LogP contribution in [0, 0.1) is 13.8 Å². The van der Waals surface area contributed by atoms with Gasteiger partial charge in [-0.3, -0.25) is 9.78 Å². The molecule has 1 N–H and O–H groups in total.